The zero-order valence-electron chi connectivity index (χ0n) is 15.3. The van der Waals surface area contributed by atoms with Crippen LogP contribution in [0.4, 0.5) is 0 Å². The number of halogens is 2. The summed E-state index contributed by atoms with van der Waals surface area (Å²) in [6, 6.07) is 15.9. The second-order valence-corrected chi connectivity index (χ2v) is 7.56. The van der Waals surface area contributed by atoms with Crippen LogP contribution < -0.4 is 0 Å². The van der Waals surface area contributed by atoms with Gasteiger partial charge in [-0.3, -0.25) is 9.59 Å². The lowest BCUT2D eigenvalue weighted by Crippen LogP contribution is -2.50. The third-order valence-corrected chi connectivity index (χ3v) is 5.19. The number of hydrogen-bond acceptors (Lipinski definition) is 4. The van der Waals surface area contributed by atoms with E-state index in [1.807, 2.05) is 30.3 Å². The molecule has 2 aromatic carbocycles. The maximum atomic E-state index is 12.7. The SMILES string of the molecule is O=C(c1cc(Cl)cc(Cl)c1)N1CCN(C(=O)c2cc(-c3ccccc3)no2)CC1. The number of benzene rings is 2. The van der Waals surface area contributed by atoms with Crippen molar-refractivity contribution in [1.29, 1.82) is 0 Å². The van der Waals surface area contributed by atoms with E-state index in [4.69, 9.17) is 27.7 Å². The Morgan fingerprint density at radius 2 is 1.41 bits per heavy atom. The molecule has 148 valence electrons. The molecule has 3 aromatic rings. The van der Waals surface area contributed by atoms with Gasteiger partial charge in [0.05, 0.1) is 0 Å². The van der Waals surface area contributed by atoms with Gasteiger partial charge < -0.3 is 14.3 Å². The molecule has 4 rings (SSSR count). The molecule has 0 unspecified atom stereocenters. The van der Waals surface area contributed by atoms with E-state index >= 15 is 0 Å². The Balaban J connectivity index is 1.40. The summed E-state index contributed by atoms with van der Waals surface area (Å²) < 4.78 is 5.25. The van der Waals surface area contributed by atoms with Crippen molar-refractivity contribution in [1.82, 2.24) is 15.0 Å². The Morgan fingerprint density at radius 3 is 2.03 bits per heavy atom. The number of nitrogens with zero attached hydrogens (tertiary/aromatic N) is 3. The maximum absolute atomic E-state index is 12.7. The standard InChI is InChI=1S/C21H17Cl2N3O3/c22-16-10-15(11-17(23)12-16)20(27)25-6-8-26(9-7-25)21(28)19-13-18(24-29-19)14-4-2-1-3-5-14/h1-5,10-13H,6-9H2. The van der Waals surface area contributed by atoms with Gasteiger partial charge in [-0.1, -0.05) is 58.7 Å². The number of carbonyl (C=O) groups is 2. The van der Waals surface area contributed by atoms with Gasteiger partial charge in [0.15, 0.2) is 0 Å². The second-order valence-electron chi connectivity index (χ2n) is 6.68. The number of hydrogen-bond donors (Lipinski definition) is 0. The molecule has 1 aliphatic rings. The molecule has 0 N–H and O–H groups in total. The normalized spacial score (nSPS) is 14.1. The lowest BCUT2D eigenvalue weighted by atomic mass is 10.1. The average molecular weight is 430 g/mol. The van der Waals surface area contributed by atoms with E-state index in [9.17, 15) is 9.59 Å². The summed E-state index contributed by atoms with van der Waals surface area (Å²) in [5.74, 6) is -0.213. The fourth-order valence-electron chi connectivity index (χ4n) is 3.25. The molecule has 1 fully saturated rings. The molecule has 1 saturated heterocycles. The number of carbonyl (C=O) groups excluding carboxylic acids is 2. The molecule has 2 amide bonds. The summed E-state index contributed by atoms with van der Waals surface area (Å²) in [6.45, 7) is 1.63. The molecule has 0 radical (unpaired) electrons. The molecular formula is C21H17Cl2N3O3. The summed E-state index contributed by atoms with van der Waals surface area (Å²) in [5.41, 5.74) is 1.93. The van der Waals surface area contributed by atoms with E-state index in [0.29, 0.717) is 47.5 Å². The van der Waals surface area contributed by atoms with Gasteiger partial charge in [0.2, 0.25) is 5.76 Å². The zero-order valence-corrected chi connectivity index (χ0v) is 16.9. The van der Waals surface area contributed by atoms with Gasteiger partial charge in [0.25, 0.3) is 11.8 Å². The van der Waals surface area contributed by atoms with Crippen molar-refractivity contribution in [2.24, 2.45) is 0 Å². The van der Waals surface area contributed by atoms with Crippen LogP contribution in [0.3, 0.4) is 0 Å². The first-order valence-electron chi connectivity index (χ1n) is 9.08. The van der Waals surface area contributed by atoms with Gasteiger partial charge in [-0.25, -0.2) is 0 Å². The highest BCUT2D eigenvalue weighted by molar-refractivity contribution is 6.35. The van der Waals surface area contributed by atoms with Crippen LogP contribution in [0.15, 0.2) is 59.1 Å². The van der Waals surface area contributed by atoms with Crippen molar-refractivity contribution < 1.29 is 14.1 Å². The van der Waals surface area contributed by atoms with E-state index in [0.717, 1.165) is 5.56 Å². The van der Waals surface area contributed by atoms with Crippen molar-refractivity contribution in [3.8, 4) is 11.3 Å². The van der Waals surface area contributed by atoms with E-state index in [1.54, 1.807) is 34.1 Å². The molecule has 0 atom stereocenters. The van der Waals surface area contributed by atoms with E-state index < -0.39 is 0 Å². The van der Waals surface area contributed by atoms with Gasteiger partial charge in [0, 0.05) is 53.4 Å². The first-order valence-corrected chi connectivity index (χ1v) is 9.83. The summed E-state index contributed by atoms with van der Waals surface area (Å²) in [4.78, 5) is 28.8. The zero-order chi connectivity index (χ0) is 20.4. The van der Waals surface area contributed by atoms with Crippen LogP contribution in [0.5, 0.6) is 0 Å². The lowest BCUT2D eigenvalue weighted by molar-refractivity contribution is 0.0513. The molecule has 8 heteroatoms. The molecule has 0 aliphatic carbocycles. The minimum Gasteiger partial charge on any atom is -0.350 e. The van der Waals surface area contributed by atoms with Crippen LogP contribution >= 0.6 is 23.2 Å². The highest BCUT2D eigenvalue weighted by atomic mass is 35.5. The van der Waals surface area contributed by atoms with Crippen molar-refractivity contribution in [3.63, 3.8) is 0 Å². The van der Waals surface area contributed by atoms with Crippen LogP contribution in [0.1, 0.15) is 20.9 Å². The summed E-state index contributed by atoms with van der Waals surface area (Å²) in [5, 5.41) is 4.81. The number of rotatable bonds is 3. The van der Waals surface area contributed by atoms with Crippen molar-refractivity contribution in [2.75, 3.05) is 26.2 Å². The Labute approximate surface area is 177 Å². The second kappa shape index (κ2) is 8.27. The first kappa shape index (κ1) is 19.5. The van der Waals surface area contributed by atoms with Crippen molar-refractivity contribution in [3.05, 3.63) is 76.0 Å². The average Bonchev–Trinajstić information content (AvgIpc) is 3.23. The quantitative estimate of drug-likeness (QED) is 0.623. The van der Waals surface area contributed by atoms with Crippen LogP contribution in [0, 0.1) is 0 Å². The van der Waals surface area contributed by atoms with Crippen LogP contribution in [-0.2, 0) is 0 Å². The molecular weight excluding hydrogens is 413 g/mol. The van der Waals surface area contributed by atoms with E-state index in [2.05, 4.69) is 5.16 Å². The summed E-state index contributed by atoms with van der Waals surface area (Å²) in [6.07, 6.45) is 0. The van der Waals surface area contributed by atoms with Crippen molar-refractivity contribution >= 4 is 35.0 Å². The molecule has 0 bridgehead atoms. The predicted molar refractivity (Wildman–Crippen MR) is 110 cm³/mol. The molecule has 6 nitrogen and oxygen atoms in total. The topological polar surface area (TPSA) is 66.7 Å². The lowest BCUT2D eigenvalue weighted by Gasteiger charge is -2.34. The summed E-state index contributed by atoms with van der Waals surface area (Å²) in [7, 11) is 0. The van der Waals surface area contributed by atoms with E-state index in [1.165, 1.54) is 0 Å². The predicted octanol–water partition coefficient (Wildman–Crippen LogP) is 4.25. The number of piperazine rings is 1. The van der Waals surface area contributed by atoms with Crippen LogP contribution in [-0.4, -0.2) is 52.9 Å². The highest BCUT2D eigenvalue weighted by Gasteiger charge is 2.28. The Morgan fingerprint density at radius 1 is 0.828 bits per heavy atom. The molecule has 29 heavy (non-hydrogen) atoms. The number of aromatic nitrogens is 1. The highest BCUT2D eigenvalue weighted by Crippen LogP contribution is 2.22. The van der Waals surface area contributed by atoms with Crippen molar-refractivity contribution in [2.45, 2.75) is 0 Å². The Hall–Kier alpha value is -2.83. The van der Waals surface area contributed by atoms with Gasteiger partial charge in [-0.2, -0.15) is 0 Å². The molecule has 1 aromatic heterocycles. The van der Waals surface area contributed by atoms with Crippen LogP contribution in [0.25, 0.3) is 11.3 Å². The fourth-order valence-corrected chi connectivity index (χ4v) is 3.78. The molecule has 0 spiro atoms. The van der Waals surface area contributed by atoms with Gasteiger partial charge in [0.1, 0.15) is 5.69 Å². The first-order chi connectivity index (χ1) is 14.0. The maximum Gasteiger partial charge on any atom is 0.292 e. The smallest absolute Gasteiger partial charge is 0.292 e. The summed E-state index contributed by atoms with van der Waals surface area (Å²) >= 11 is 12.0. The molecule has 0 saturated carbocycles. The largest absolute Gasteiger partial charge is 0.350 e. The van der Waals surface area contributed by atoms with Crippen LogP contribution in [0.2, 0.25) is 10.0 Å². The minimum atomic E-state index is -0.238. The Bertz CT molecular complexity index is 1020. The van der Waals surface area contributed by atoms with E-state index in [-0.39, 0.29) is 17.6 Å². The Kier molecular flexibility index (Phi) is 5.56. The van der Waals surface area contributed by atoms with Gasteiger partial charge in [-0.05, 0) is 18.2 Å². The number of amides is 2. The third kappa shape index (κ3) is 4.28. The van der Waals surface area contributed by atoms with Gasteiger partial charge in [-0.15, -0.1) is 0 Å². The monoisotopic (exact) mass is 429 g/mol. The fraction of sp³-hybridized carbons (Fsp3) is 0.190. The van der Waals surface area contributed by atoms with Gasteiger partial charge >= 0.3 is 0 Å². The molecule has 2 heterocycles. The molecule has 1 aliphatic heterocycles. The minimum absolute atomic E-state index is 0.160. The third-order valence-electron chi connectivity index (χ3n) is 4.75.